The number of aromatic nitrogens is 2. The Labute approximate surface area is 124 Å². The highest BCUT2D eigenvalue weighted by molar-refractivity contribution is 5.63. The van der Waals surface area contributed by atoms with Crippen LogP contribution in [0.1, 0.15) is 24.5 Å². The van der Waals surface area contributed by atoms with Gasteiger partial charge in [0.2, 0.25) is 5.88 Å². The molecule has 2 aromatic rings. The zero-order chi connectivity index (χ0) is 14.5. The van der Waals surface area contributed by atoms with E-state index in [1.54, 1.807) is 0 Å². The van der Waals surface area contributed by atoms with E-state index in [1.165, 1.54) is 17.5 Å². The van der Waals surface area contributed by atoms with Crippen molar-refractivity contribution in [3.05, 3.63) is 41.7 Å². The van der Waals surface area contributed by atoms with Crippen molar-refractivity contribution in [1.82, 2.24) is 15.3 Å². The number of rotatable bonds is 5. The maximum absolute atomic E-state index is 5.55. The summed E-state index contributed by atoms with van der Waals surface area (Å²) in [5.74, 6) is 1.38. The molecule has 0 radical (unpaired) electrons. The molecule has 2 heterocycles. The van der Waals surface area contributed by atoms with Gasteiger partial charge in [-0.15, -0.1) is 0 Å². The van der Waals surface area contributed by atoms with Gasteiger partial charge in [-0.25, -0.2) is 9.97 Å². The molecule has 1 aliphatic heterocycles. The second-order valence-corrected chi connectivity index (χ2v) is 5.08. The molecule has 3 rings (SSSR count). The fourth-order valence-corrected chi connectivity index (χ4v) is 2.48. The van der Waals surface area contributed by atoms with E-state index in [0.717, 1.165) is 37.4 Å². The maximum atomic E-state index is 5.55. The third-order valence-corrected chi connectivity index (χ3v) is 3.50. The first-order valence-corrected chi connectivity index (χ1v) is 7.40. The molecule has 0 atom stereocenters. The van der Waals surface area contributed by atoms with Crippen molar-refractivity contribution >= 4 is 11.5 Å². The molecule has 0 saturated heterocycles. The third kappa shape index (κ3) is 3.31. The first-order valence-electron chi connectivity index (χ1n) is 7.40. The highest BCUT2D eigenvalue weighted by Crippen LogP contribution is 2.26. The number of benzene rings is 1. The van der Waals surface area contributed by atoms with E-state index in [9.17, 15) is 0 Å². The normalized spacial score (nSPS) is 13.6. The van der Waals surface area contributed by atoms with E-state index >= 15 is 0 Å². The summed E-state index contributed by atoms with van der Waals surface area (Å²) in [6.45, 7) is 4.69. The van der Waals surface area contributed by atoms with Gasteiger partial charge in [0.05, 0.1) is 6.61 Å². The number of fused-ring (bicyclic) bond motifs is 1. The lowest BCUT2D eigenvalue weighted by molar-refractivity contribution is 0.305. The van der Waals surface area contributed by atoms with Crippen LogP contribution < -0.4 is 15.4 Å². The Morgan fingerprint density at radius 2 is 2.29 bits per heavy atom. The van der Waals surface area contributed by atoms with Crippen molar-refractivity contribution in [2.24, 2.45) is 0 Å². The molecule has 21 heavy (non-hydrogen) atoms. The van der Waals surface area contributed by atoms with Gasteiger partial charge in [-0.1, -0.05) is 19.1 Å². The van der Waals surface area contributed by atoms with Gasteiger partial charge in [-0.2, -0.15) is 0 Å². The number of nitrogens with zero attached hydrogens (tertiary/aromatic N) is 2. The first-order chi connectivity index (χ1) is 10.4. The minimum Gasteiger partial charge on any atom is -0.478 e. The van der Waals surface area contributed by atoms with E-state index in [1.807, 2.05) is 6.07 Å². The average molecular weight is 284 g/mol. The molecule has 0 spiro atoms. The molecule has 1 aromatic heterocycles. The van der Waals surface area contributed by atoms with Crippen LogP contribution in [0.15, 0.2) is 30.6 Å². The highest BCUT2D eigenvalue weighted by Gasteiger charge is 2.12. The van der Waals surface area contributed by atoms with Gasteiger partial charge in [0, 0.05) is 18.3 Å². The molecule has 5 heteroatoms. The smallest absolute Gasteiger partial charge is 0.218 e. The minimum absolute atomic E-state index is 0.612. The summed E-state index contributed by atoms with van der Waals surface area (Å²) in [5.41, 5.74) is 3.84. The lowest BCUT2D eigenvalue weighted by Gasteiger charge is -2.20. The van der Waals surface area contributed by atoms with Gasteiger partial charge >= 0.3 is 0 Å². The van der Waals surface area contributed by atoms with Crippen LogP contribution in [0, 0.1) is 0 Å². The molecule has 0 unspecified atom stereocenters. The lowest BCUT2D eigenvalue weighted by atomic mass is 9.99. The zero-order valence-electron chi connectivity index (χ0n) is 12.2. The molecule has 1 aromatic carbocycles. The van der Waals surface area contributed by atoms with Crippen LogP contribution in [0.2, 0.25) is 0 Å². The summed E-state index contributed by atoms with van der Waals surface area (Å²) in [7, 11) is 0. The summed E-state index contributed by atoms with van der Waals surface area (Å²) in [6, 6.07) is 8.18. The molecule has 0 amide bonds. The van der Waals surface area contributed by atoms with Gasteiger partial charge in [0.15, 0.2) is 0 Å². The standard InChI is InChI=1S/C16H20N4O/c1-2-8-21-16-9-15(18-11-19-16)20-14-5-3-4-12-10-17-7-6-13(12)14/h3-5,9,11,17H,2,6-8,10H2,1H3,(H,18,19,20). The summed E-state index contributed by atoms with van der Waals surface area (Å²) in [6.07, 6.45) is 3.53. The SMILES string of the molecule is CCCOc1cc(Nc2cccc3c2CCNC3)ncn1. The van der Waals surface area contributed by atoms with E-state index in [-0.39, 0.29) is 0 Å². The molecular weight excluding hydrogens is 264 g/mol. The number of nitrogens with one attached hydrogen (secondary N) is 2. The quantitative estimate of drug-likeness (QED) is 0.884. The topological polar surface area (TPSA) is 59.1 Å². The average Bonchev–Trinajstić information content (AvgIpc) is 2.54. The van der Waals surface area contributed by atoms with E-state index < -0.39 is 0 Å². The van der Waals surface area contributed by atoms with Crippen LogP contribution in [0.25, 0.3) is 0 Å². The number of ether oxygens (including phenoxy) is 1. The summed E-state index contributed by atoms with van der Waals surface area (Å²) < 4.78 is 5.55. The highest BCUT2D eigenvalue weighted by atomic mass is 16.5. The van der Waals surface area contributed by atoms with Crippen LogP contribution in [0.4, 0.5) is 11.5 Å². The van der Waals surface area contributed by atoms with Gasteiger partial charge < -0.3 is 15.4 Å². The molecule has 0 saturated carbocycles. The number of anilines is 2. The van der Waals surface area contributed by atoms with Crippen molar-refractivity contribution < 1.29 is 4.74 Å². The van der Waals surface area contributed by atoms with Crippen molar-refractivity contribution in [3.63, 3.8) is 0 Å². The van der Waals surface area contributed by atoms with E-state index in [4.69, 9.17) is 4.74 Å². The molecular formula is C16H20N4O. The fourth-order valence-electron chi connectivity index (χ4n) is 2.48. The second kappa shape index (κ2) is 6.54. The van der Waals surface area contributed by atoms with Crippen LogP contribution in [0.3, 0.4) is 0 Å². The second-order valence-electron chi connectivity index (χ2n) is 5.08. The van der Waals surface area contributed by atoms with Crippen molar-refractivity contribution in [2.75, 3.05) is 18.5 Å². The molecule has 5 nitrogen and oxygen atoms in total. The predicted octanol–water partition coefficient (Wildman–Crippen LogP) is 2.65. The van der Waals surface area contributed by atoms with Crippen LogP contribution in [0.5, 0.6) is 5.88 Å². The first kappa shape index (κ1) is 13.8. The van der Waals surface area contributed by atoms with Crippen LogP contribution >= 0.6 is 0 Å². The fraction of sp³-hybridized carbons (Fsp3) is 0.375. The Bertz CT molecular complexity index is 615. The molecule has 0 fully saturated rings. The number of hydrogen-bond acceptors (Lipinski definition) is 5. The molecule has 2 N–H and O–H groups in total. The van der Waals surface area contributed by atoms with E-state index in [2.05, 4.69) is 45.7 Å². The Morgan fingerprint density at radius 3 is 3.19 bits per heavy atom. The van der Waals surface area contributed by atoms with Gasteiger partial charge in [0.25, 0.3) is 0 Å². The molecule has 0 bridgehead atoms. The Hall–Kier alpha value is -2.14. The summed E-state index contributed by atoms with van der Waals surface area (Å²) in [4.78, 5) is 8.40. The predicted molar refractivity (Wildman–Crippen MR) is 83.0 cm³/mol. The van der Waals surface area contributed by atoms with Gasteiger partial charge in [-0.3, -0.25) is 0 Å². The van der Waals surface area contributed by atoms with Crippen molar-refractivity contribution in [2.45, 2.75) is 26.3 Å². The third-order valence-electron chi connectivity index (χ3n) is 3.50. The Kier molecular flexibility index (Phi) is 4.31. The lowest BCUT2D eigenvalue weighted by Crippen LogP contribution is -2.24. The molecule has 0 aliphatic carbocycles. The van der Waals surface area contributed by atoms with E-state index in [0.29, 0.717) is 12.5 Å². The monoisotopic (exact) mass is 284 g/mol. The summed E-state index contributed by atoms with van der Waals surface area (Å²) in [5, 5.41) is 6.78. The van der Waals surface area contributed by atoms with Crippen molar-refractivity contribution in [3.8, 4) is 5.88 Å². The summed E-state index contributed by atoms with van der Waals surface area (Å²) >= 11 is 0. The van der Waals surface area contributed by atoms with Crippen LogP contribution in [-0.2, 0) is 13.0 Å². The van der Waals surface area contributed by atoms with Crippen molar-refractivity contribution in [1.29, 1.82) is 0 Å². The maximum Gasteiger partial charge on any atom is 0.218 e. The van der Waals surface area contributed by atoms with Gasteiger partial charge in [-0.05, 0) is 36.6 Å². The molecule has 1 aliphatic rings. The number of hydrogen-bond donors (Lipinski definition) is 2. The Balaban J connectivity index is 1.80. The minimum atomic E-state index is 0.612. The van der Waals surface area contributed by atoms with Crippen LogP contribution in [-0.4, -0.2) is 23.1 Å². The van der Waals surface area contributed by atoms with Gasteiger partial charge in [0.1, 0.15) is 12.1 Å². The zero-order valence-corrected chi connectivity index (χ0v) is 12.2. The Morgan fingerprint density at radius 1 is 1.33 bits per heavy atom. The molecule has 110 valence electrons. The largest absolute Gasteiger partial charge is 0.478 e.